The van der Waals surface area contributed by atoms with Crippen molar-refractivity contribution in [2.45, 2.75) is 31.7 Å². The third-order valence-electron chi connectivity index (χ3n) is 5.79. The lowest BCUT2D eigenvalue weighted by Gasteiger charge is -2.28. The molecule has 4 rings (SSSR count). The Morgan fingerprint density at radius 3 is 2.57 bits per heavy atom. The molecule has 3 N–H and O–H groups in total. The van der Waals surface area contributed by atoms with Crippen molar-refractivity contribution in [2.75, 3.05) is 50.2 Å². The average molecular weight is 414 g/mol. The molecule has 0 spiro atoms. The summed E-state index contributed by atoms with van der Waals surface area (Å²) in [5.74, 6) is 2.00. The number of morpholine rings is 1. The molecular weight excluding hydrogens is 382 g/mol. The number of methoxy groups -OCH3 is 1. The Hall–Kier alpha value is -2.58. The molecule has 0 radical (unpaired) electrons. The summed E-state index contributed by atoms with van der Waals surface area (Å²) < 4.78 is 16.8. The summed E-state index contributed by atoms with van der Waals surface area (Å²) in [6.45, 7) is 4.00. The van der Waals surface area contributed by atoms with Crippen molar-refractivity contribution in [2.24, 2.45) is 11.7 Å². The molecule has 8 nitrogen and oxygen atoms in total. The Morgan fingerprint density at radius 2 is 1.87 bits per heavy atom. The molecule has 2 aliphatic rings. The highest BCUT2D eigenvalue weighted by atomic mass is 16.5. The quantitative estimate of drug-likeness (QED) is 0.715. The smallest absolute Gasteiger partial charge is 0.262 e. The van der Waals surface area contributed by atoms with Crippen molar-refractivity contribution >= 4 is 17.3 Å². The van der Waals surface area contributed by atoms with Gasteiger partial charge in [-0.3, -0.25) is 0 Å². The normalized spacial score (nSPS) is 21.9. The minimum atomic E-state index is 0.334. The van der Waals surface area contributed by atoms with Crippen LogP contribution in [0.1, 0.15) is 25.7 Å². The lowest BCUT2D eigenvalue weighted by Crippen LogP contribution is -2.36. The molecule has 2 aromatic rings. The number of hydrogen-bond donors (Lipinski definition) is 2. The standard InChI is InChI=1S/C22H31N5O3/c1-28-20-14-24-22(26-21(20)30-15-16-2-4-17(23)5-3-16)25-18-6-8-19(9-7-18)27-10-12-29-13-11-27/h6-9,14,16-17H,2-5,10-13,15,23H2,1H3,(H,24,25,26). The van der Waals surface area contributed by atoms with Gasteiger partial charge in [0, 0.05) is 30.5 Å². The van der Waals surface area contributed by atoms with Crippen molar-refractivity contribution in [1.82, 2.24) is 9.97 Å². The first-order valence-electron chi connectivity index (χ1n) is 10.7. The number of anilines is 3. The van der Waals surface area contributed by atoms with Crippen LogP contribution in [-0.4, -0.2) is 56.0 Å². The molecule has 1 aromatic heterocycles. The molecular formula is C22H31N5O3. The van der Waals surface area contributed by atoms with Gasteiger partial charge >= 0.3 is 0 Å². The summed E-state index contributed by atoms with van der Waals surface area (Å²) in [6.07, 6.45) is 5.94. The van der Waals surface area contributed by atoms with Gasteiger partial charge in [0.2, 0.25) is 5.95 Å². The van der Waals surface area contributed by atoms with Crippen LogP contribution in [0.2, 0.25) is 0 Å². The summed E-state index contributed by atoms with van der Waals surface area (Å²) in [5.41, 5.74) is 8.11. The number of ether oxygens (including phenoxy) is 3. The number of benzene rings is 1. The van der Waals surface area contributed by atoms with Crippen LogP contribution in [0.15, 0.2) is 30.5 Å². The molecule has 30 heavy (non-hydrogen) atoms. The maximum atomic E-state index is 6.00. The number of nitrogens with zero attached hydrogens (tertiary/aromatic N) is 3. The number of rotatable bonds is 7. The first kappa shape index (κ1) is 20.7. The highest BCUT2D eigenvalue weighted by Crippen LogP contribution is 2.29. The van der Waals surface area contributed by atoms with Gasteiger partial charge in [0.1, 0.15) is 0 Å². The topological polar surface area (TPSA) is 94.8 Å². The fourth-order valence-electron chi connectivity index (χ4n) is 3.92. The summed E-state index contributed by atoms with van der Waals surface area (Å²) in [6, 6.07) is 8.60. The zero-order valence-corrected chi connectivity index (χ0v) is 17.5. The minimum absolute atomic E-state index is 0.334. The van der Waals surface area contributed by atoms with Gasteiger partial charge in [0.05, 0.1) is 33.1 Å². The maximum Gasteiger partial charge on any atom is 0.262 e. The maximum absolute atomic E-state index is 6.00. The molecule has 0 unspecified atom stereocenters. The zero-order chi connectivity index (χ0) is 20.8. The Bertz CT molecular complexity index is 803. The Morgan fingerprint density at radius 1 is 1.13 bits per heavy atom. The molecule has 0 atom stereocenters. The Labute approximate surface area is 177 Å². The predicted molar refractivity (Wildman–Crippen MR) is 117 cm³/mol. The second-order valence-electron chi connectivity index (χ2n) is 7.93. The van der Waals surface area contributed by atoms with Crippen molar-refractivity contribution < 1.29 is 14.2 Å². The van der Waals surface area contributed by atoms with Gasteiger partial charge in [0.25, 0.3) is 5.88 Å². The largest absolute Gasteiger partial charge is 0.490 e. The van der Waals surface area contributed by atoms with Crippen molar-refractivity contribution in [3.8, 4) is 11.6 Å². The molecule has 162 valence electrons. The molecule has 0 bridgehead atoms. The van der Waals surface area contributed by atoms with Crippen molar-refractivity contribution in [3.63, 3.8) is 0 Å². The highest BCUT2D eigenvalue weighted by molar-refractivity contribution is 5.60. The molecule has 1 saturated carbocycles. The van der Waals surface area contributed by atoms with Gasteiger partial charge in [-0.1, -0.05) is 0 Å². The van der Waals surface area contributed by atoms with Crippen LogP contribution in [0.5, 0.6) is 11.6 Å². The molecule has 2 fully saturated rings. The lowest BCUT2D eigenvalue weighted by atomic mass is 9.87. The summed E-state index contributed by atoms with van der Waals surface area (Å²) >= 11 is 0. The van der Waals surface area contributed by atoms with Crippen LogP contribution in [0.4, 0.5) is 17.3 Å². The van der Waals surface area contributed by atoms with Crippen molar-refractivity contribution in [1.29, 1.82) is 0 Å². The van der Waals surface area contributed by atoms with E-state index >= 15 is 0 Å². The van der Waals surface area contributed by atoms with Gasteiger partial charge in [-0.25, -0.2) is 4.98 Å². The van der Waals surface area contributed by atoms with Crippen LogP contribution >= 0.6 is 0 Å². The van der Waals surface area contributed by atoms with E-state index in [0.29, 0.717) is 36.1 Å². The molecule has 1 saturated heterocycles. The van der Waals surface area contributed by atoms with Crippen LogP contribution < -0.4 is 25.4 Å². The third kappa shape index (κ3) is 5.31. The molecule has 1 aromatic carbocycles. The number of aromatic nitrogens is 2. The van der Waals surface area contributed by atoms with E-state index < -0.39 is 0 Å². The number of hydrogen-bond acceptors (Lipinski definition) is 8. The zero-order valence-electron chi connectivity index (χ0n) is 17.5. The predicted octanol–water partition coefficient (Wildman–Crippen LogP) is 2.96. The van der Waals surface area contributed by atoms with Crippen LogP contribution in [0.25, 0.3) is 0 Å². The highest BCUT2D eigenvalue weighted by Gasteiger charge is 2.20. The second kappa shape index (κ2) is 9.95. The molecule has 2 heterocycles. The van der Waals surface area contributed by atoms with E-state index in [1.165, 1.54) is 5.69 Å². The van der Waals surface area contributed by atoms with Gasteiger partial charge in [-0.2, -0.15) is 4.98 Å². The van der Waals surface area contributed by atoms with Crippen LogP contribution in [-0.2, 0) is 4.74 Å². The molecule has 1 aliphatic carbocycles. The van der Waals surface area contributed by atoms with E-state index in [1.807, 2.05) is 12.1 Å². The number of nitrogens with one attached hydrogen (secondary N) is 1. The summed E-state index contributed by atoms with van der Waals surface area (Å²) in [4.78, 5) is 11.2. The Balaban J connectivity index is 1.38. The lowest BCUT2D eigenvalue weighted by molar-refractivity contribution is 0.122. The minimum Gasteiger partial charge on any atom is -0.490 e. The first-order chi connectivity index (χ1) is 14.7. The van der Waals surface area contributed by atoms with Crippen LogP contribution in [0.3, 0.4) is 0 Å². The van der Waals surface area contributed by atoms with Crippen LogP contribution in [0, 0.1) is 5.92 Å². The van der Waals surface area contributed by atoms with E-state index in [1.54, 1.807) is 13.3 Å². The Kier molecular flexibility index (Phi) is 6.86. The van der Waals surface area contributed by atoms with Crippen molar-refractivity contribution in [3.05, 3.63) is 30.5 Å². The molecule has 0 amide bonds. The molecule has 8 heteroatoms. The molecule has 1 aliphatic heterocycles. The number of nitrogens with two attached hydrogens (primary N) is 1. The fourth-order valence-corrected chi connectivity index (χ4v) is 3.92. The van der Waals surface area contributed by atoms with Gasteiger partial charge < -0.3 is 30.2 Å². The monoisotopic (exact) mass is 413 g/mol. The second-order valence-corrected chi connectivity index (χ2v) is 7.93. The van der Waals surface area contributed by atoms with E-state index in [2.05, 4.69) is 32.3 Å². The van der Waals surface area contributed by atoms with Gasteiger partial charge in [-0.15, -0.1) is 0 Å². The fraction of sp³-hybridized carbons (Fsp3) is 0.545. The third-order valence-corrected chi connectivity index (χ3v) is 5.79. The average Bonchev–Trinajstić information content (AvgIpc) is 2.80. The van der Waals surface area contributed by atoms with Gasteiger partial charge in [0.15, 0.2) is 5.75 Å². The summed E-state index contributed by atoms with van der Waals surface area (Å²) in [7, 11) is 1.60. The van der Waals surface area contributed by atoms with E-state index in [0.717, 1.165) is 57.7 Å². The van der Waals surface area contributed by atoms with E-state index in [9.17, 15) is 0 Å². The van der Waals surface area contributed by atoms with E-state index in [4.69, 9.17) is 19.9 Å². The summed E-state index contributed by atoms with van der Waals surface area (Å²) in [5, 5.41) is 3.25. The van der Waals surface area contributed by atoms with Gasteiger partial charge in [-0.05, 0) is 55.9 Å². The SMILES string of the molecule is COc1cnc(Nc2ccc(N3CCOCC3)cc2)nc1OCC1CCC(N)CC1. The van der Waals surface area contributed by atoms with E-state index in [-0.39, 0.29) is 0 Å². The first-order valence-corrected chi connectivity index (χ1v) is 10.7.